The average molecular weight is 351 g/mol. The molecular weight excluding hydrogens is 315 g/mol. The predicted molar refractivity (Wildman–Crippen MR) is 108 cm³/mol. The van der Waals surface area contributed by atoms with Crippen LogP contribution in [-0.2, 0) is 10.9 Å². The van der Waals surface area contributed by atoms with Crippen LogP contribution >= 0.6 is 7.26 Å². The number of rotatable bonds is 12. The summed E-state index contributed by atoms with van der Waals surface area (Å²) in [6.07, 6.45) is 10.8. The van der Waals surface area contributed by atoms with Gasteiger partial charge in [-0.15, -0.1) is 0 Å². The Labute approximate surface area is 149 Å². The van der Waals surface area contributed by atoms with Crippen LogP contribution in [0.1, 0.15) is 75.7 Å². The van der Waals surface area contributed by atoms with Crippen molar-refractivity contribution >= 4 is 13.2 Å². The summed E-state index contributed by atoms with van der Waals surface area (Å²) in [6, 6.07) is 8.12. The van der Waals surface area contributed by atoms with Crippen LogP contribution in [0.15, 0.2) is 24.3 Å². The Morgan fingerprint density at radius 2 is 1.50 bits per heavy atom. The van der Waals surface area contributed by atoms with Crippen molar-refractivity contribution in [3.8, 4) is 0 Å². The molecule has 0 aromatic heterocycles. The summed E-state index contributed by atoms with van der Waals surface area (Å²) in [7, 11) is -1.02. The highest BCUT2D eigenvalue weighted by Gasteiger charge is 2.36. The molecule has 1 aromatic carbocycles. The Balaban J connectivity index is 3.00. The smallest absolute Gasteiger partial charge is 0.338 e. The predicted octanol–water partition coefficient (Wildman–Crippen LogP) is 6.39. The number of unbranched alkanes of at least 4 members (excludes halogenated alkanes) is 1. The Bertz CT molecular complexity index is 467. The molecule has 3 heteroatoms. The second kappa shape index (κ2) is 11.6. The van der Waals surface area contributed by atoms with Gasteiger partial charge in [0.25, 0.3) is 0 Å². The molecule has 2 nitrogen and oxygen atoms in total. The van der Waals surface area contributed by atoms with Crippen LogP contribution < -0.4 is 0 Å². The minimum Gasteiger partial charge on any atom is -0.462 e. The molecule has 0 unspecified atom stereocenters. The topological polar surface area (TPSA) is 26.3 Å². The first kappa shape index (κ1) is 21.2. The second-order valence-corrected chi connectivity index (χ2v) is 11.2. The molecule has 0 spiro atoms. The van der Waals surface area contributed by atoms with E-state index in [0.717, 1.165) is 24.6 Å². The summed E-state index contributed by atoms with van der Waals surface area (Å²) in [6.45, 7) is 9.53. The minimum atomic E-state index is -1.02. The first-order chi connectivity index (χ1) is 11.6. The van der Waals surface area contributed by atoms with Crippen LogP contribution in [0.3, 0.4) is 0 Å². The molecule has 24 heavy (non-hydrogen) atoms. The lowest BCUT2D eigenvalue weighted by Gasteiger charge is -2.27. The maximum atomic E-state index is 12.5. The number of hydrogen-bond acceptors (Lipinski definition) is 2. The number of carbonyl (C=O) groups excluding carboxylic acids is 1. The van der Waals surface area contributed by atoms with Gasteiger partial charge in [-0.05, 0) is 31.7 Å². The molecule has 0 saturated heterocycles. The van der Waals surface area contributed by atoms with E-state index in [4.69, 9.17) is 4.74 Å². The van der Waals surface area contributed by atoms with Gasteiger partial charge in [-0.25, -0.2) is 4.79 Å². The van der Waals surface area contributed by atoms with Crippen molar-refractivity contribution in [1.82, 2.24) is 0 Å². The fraction of sp³-hybridized carbons (Fsp3) is 0.667. The summed E-state index contributed by atoms with van der Waals surface area (Å²) in [4.78, 5) is 12.5. The first-order valence-electron chi connectivity index (χ1n) is 9.72. The number of hydrogen-bond donors (Lipinski definition) is 0. The van der Waals surface area contributed by atoms with Crippen molar-refractivity contribution in [2.75, 3.05) is 25.1 Å². The van der Waals surface area contributed by atoms with Crippen molar-refractivity contribution < 1.29 is 9.53 Å². The molecule has 0 aliphatic heterocycles. The molecule has 0 saturated carbocycles. The van der Waals surface area contributed by atoms with Crippen molar-refractivity contribution in [3.05, 3.63) is 35.4 Å². The lowest BCUT2D eigenvalue weighted by atomic mass is 10.1. The molecule has 1 rings (SSSR count). The van der Waals surface area contributed by atoms with Crippen molar-refractivity contribution in [3.63, 3.8) is 0 Å². The largest absolute Gasteiger partial charge is 0.462 e. The first-order valence-corrected chi connectivity index (χ1v) is 12.3. The van der Waals surface area contributed by atoms with E-state index in [9.17, 15) is 4.79 Å². The molecule has 136 valence electrons. The number of benzene rings is 1. The molecule has 0 bridgehead atoms. The maximum Gasteiger partial charge on any atom is 0.338 e. The molecule has 0 aliphatic carbocycles. The third-order valence-corrected chi connectivity index (χ3v) is 9.77. The zero-order valence-corrected chi connectivity index (χ0v) is 17.0. The number of carbonyl (C=O) groups is 1. The molecule has 0 aliphatic rings. The van der Waals surface area contributed by atoms with Gasteiger partial charge in [0.1, 0.15) is 0 Å². The average Bonchev–Trinajstić information content (AvgIpc) is 2.56. The molecule has 0 amide bonds. The van der Waals surface area contributed by atoms with Crippen LogP contribution in [-0.4, -0.2) is 31.1 Å². The van der Waals surface area contributed by atoms with Crippen LogP contribution in [0.2, 0.25) is 0 Å². The fourth-order valence-corrected chi connectivity index (χ4v) is 8.59. The van der Waals surface area contributed by atoms with Crippen molar-refractivity contribution in [2.24, 2.45) is 0 Å². The quantitative estimate of drug-likeness (QED) is 0.248. The summed E-state index contributed by atoms with van der Waals surface area (Å²) in [5, 5.41) is 0. The van der Waals surface area contributed by atoms with E-state index in [1.54, 1.807) is 0 Å². The van der Waals surface area contributed by atoms with Gasteiger partial charge >= 0.3 is 5.97 Å². The third kappa shape index (κ3) is 6.55. The monoisotopic (exact) mass is 351 g/mol. The Morgan fingerprint density at radius 1 is 0.917 bits per heavy atom. The summed E-state index contributed by atoms with van der Waals surface area (Å²) < 4.78 is 5.48. The van der Waals surface area contributed by atoms with Crippen LogP contribution in [0, 0.1) is 0 Å². The summed E-state index contributed by atoms with van der Waals surface area (Å²) in [5.74, 6) is -0.137. The zero-order chi connectivity index (χ0) is 17.8. The van der Waals surface area contributed by atoms with Gasteiger partial charge in [0.2, 0.25) is 0 Å². The van der Waals surface area contributed by atoms with E-state index < -0.39 is 7.26 Å². The molecule has 0 heterocycles. The molecule has 0 atom stereocenters. The molecule has 0 N–H and O–H groups in total. The van der Waals surface area contributed by atoms with Crippen LogP contribution in [0.4, 0.5) is 0 Å². The van der Waals surface area contributed by atoms with Gasteiger partial charge in [-0.1, -0.05) is 52.3 Å². The SMILES string of the molecule is CCCCOC(=O)c1ccccc1C[P+](CCC)(CCC)CCC. The van der Waals surface area contributed by atoms with Crippen LogP contribution in [0.25, 0.3) is 0 Å². The van der Waals surface area contributed by atoms with Gasteiger partial charge < -0.3 is 4.74 Å². The molecule has 0 radical (unpaired) electrons. The minimum absolute atomic E-state index is 0.137. The van der Waals surface area contributed by atoms with Gasteiger partial charge in [0, 0.05) is 12.8 Å². The van der Waals surface area contributed by atoms with E-state index in [0.29, 0.717) is 6.61 Å². The maximum absolute atomic E-state index is 12.5. The summed E-state index contributed by atoms with van der Waals surface area (Å²) in [5.41, 5.74) is 2.00. The normalized spacial score (nSPS) is 11.5. The van der Waals surface area contributed by atoms with E-state index in [1.807, 2.05) is 12.1 Å². The molecular formula is C21H36O2P+. The standard InChI is InChI=1S/C21H36O2P/c1-5-9-14-23-21(22)20-13-11-10-12-19(20)18-24(15-6-2,16-7-3)17-8-4/h10-13H,5-9,14-18H2,1-4H3/q+1. The number of ether oxygens (including phenoxy) is 1. The van der Waals surface area contributed by atoms with E-state index in [2.05, 4.69) is 39.8 Å². The van der Waals surface area contributed by atoms with E-state index in [1.165, 1.54) is 43.3 Å². The Hall–Kier alpha value is -0.880. The van der Waals surface area contributed by atoms with E-state index >= 15 is 0 Å². The fourth-order valence-electron chi connectivity index (χ4n) is 3.60. The van der Waals surface area contributed by atoms with E-state index in [-0.39, 0.29) is 5.97 Å². The zero-order valence-electron chi connectivity index (χ0n) is 16.1. The van der Waals surface area contributed by atoms with Gasteiger partial charge in [-0.3, -0.25) is 0 Å². The van der Waals surface area contributed by atoms with Crippen LogP contribution in [0.5, 0.6) is 0 Å². The van der Waals surface area contributed by atoms with Crippen molar-refractivity contribution in [1.29, 1.82) is 0 Å². The Kier molecular flexibility index (Phi) is 10.3. The van der Waals surface area contributed by atoms with Gasteiger partial charge in [0.05, 0.1) is 36.8 Å². The lowest BCUT2D eigenvalue weighted by Crippen LogP contribution is -2.14. The Morgan fingerprint density at radius 3 is 2.04 bits per heavy atom. The lowest BCUT2D eigenvalue weighted by molar-refractivity contribution is 0.0499. The van der Waals surface area contributed by atoms with Gasteiger partial charge in [0.15, 0.2) is 0 Å². The highest BCUT2D eigenvalue weighted by molar-refractivity contribution is 7.75. The van der Waals surface area contributed by atoms with Crippen molar-refractivity contribution in [2.45, 2.75) is 66.0 Å². The highest BCUT2D eigenvalue weighted by atomic mass is 31.2. The highest BCUT2D eigenvalue weighted by Crippen LogP contribution is 2.62. The molecule has 0 fully saturated rings. The molecule has 1 aromatic rings. The third-order valence-electron chi connectivity index (χ3n) is 4.57. The summed E-state index contributed by atoms with van der Waals surface area (Å²) >= 11 is 0. The number of esters is 1. The van der Waals surface area contributed by atoms with Gasteiger partial charge in [-0.2, -0.15) is 0 Å². The second-order valence-electron chi connectivity index (χ2n) is 6.82.